The number of hydrogen-bond donors (Lipinski definition) is 0. The van der Waals surface area contributed by atoms with Crippen molar-refractivity contribution in [1.29, 1.82) is 0 Å². The average molecular weight is 455 g/mol. The molecule has 4 atom stereocenters. The number of amides is 2. The molecule has 0 N–H and O–H groups in total. The predicted molar refractivity (Wildman–Crippen MR) is 116 cm³/mol. The molecule has 0 spiro atoms. The molecule has 2 aromatic rings. The Kier molecular flexibility index (Phi) is 5.21. The van der Waals surface area contributed by atoms with Gasteiger partial charge in [0.2, 0.25) is 0 Å². The van der Waals surface area contributed by atoms with Gasteiger partial charge in [-0.25, -0.2) is 4.39 Å². The van der Waals surface area contributed by atoms with Gasteiger partial charge in [0.05, 0.1) is 25.2 Å². The highest BCUT2D eigenvalue weighted by Crippen LogP contribution is 2.52. The van der Waals surface area contributed by atoms with E-state index in [1.807, 2.05) is 12.2 Å². The number of fused-ring (bicyclic) bond motifs is 5. The normalized spacial score (nSPS) is 25.8. The standard InChI is InChI=1S/C24H20ClFN2O4/c1-31-19-10-17(25)9-16(22(19)32-12-15-4-2-3-5-18(15)26)11-27-28-23(29)20-13-6-7-14(8-13)21(20)24(28)30/h2-7,9-11,13-14,20-21H,8,12H2,1H3/t13-,14-,20-,21+/m0/s1. The Morgan fingerprint density at radius 1 is 1.16 bits per heavy atom. The number of hydrogen-bond acceptors (Lipinski definition) is 5. The second-order valence-corrected chi connectivity index (χ2v) is 8.58. The van der Waals surface area contributed by atoms with Crippen molar-refractivity contribution >= 4 is 29.6 Å². The number of allylic oxidation sites excluding steroid dienone is 2. The predicted octanol–water partition coefficient (Wildman–Crippen LogP) is 4.21. The zero-order valence-electron chi connectivity index (χ0n) is 17.2. The van der Waals surface area contributed by atoms with Crippen LogP contribution < -0.4 is 9.47 Å². The van der Waals surface area contributed by atoms with E-state index >= 15 is 0 Å². The van der Waals surface area contributed by atoms with Gasteiger partial charge >= 0.3 is 0 Å². The van der Waals surface area contributed by atoms with Gasteiger partial charge in [-0.2, -0.15) is 10.1 Å². The number of hydrazone groups is 1. The number of carbonyl (C=O) groups excluding carboxylic acids is 2. The topological polar surface area (TPSA) is 68.2 Å². The van der Waals surface area contributed by atoms with Crippen LogP contribution in [0.15, 0.2) is 53.7 Å². The molecular weight excluding hydrogens is 435 g/mol. The first kappa shape index (κ1) is 20.7. The third-order valence-electron chi connectivity index (χ3n) is 6.36. The van der Waals surface area contributed by atoms with E-state index in [0.717, 1.165) is 11.4 Å². The Balaban J connectivity index is 1.42. The molecule has 1 saturated heterocycles. The highest BCUT2D eigenvalue weighted by molar-refractivity contribution is 6.31. The zero-order chi connectivity index (χ0) is 22.4. The quantitative estimate of drug-likeness (QED) is 0.372. The lowest BCUT2D eigenvalue weighted by Gasteiger charge is -2.15. The second kappa shape index (κ2) is 8.06. The van der Waals surface area contributed by atoms with Gasteiger partial charge in [-0.15, -0.1) is 0 Å². The summed E-state index contributed by atoms with van der Waals surface area (Å²) in [6, 6.07) is 9.43. The molecule has 5 rings (SSSR count). The SMILES string of the molecule is COc1cc(Cl)cc(C=NN2C(=O)[C@@H]3[C@H](C2=O)[C@H]2C=C[C@H]3C2)c1OCc1ccccc1F. The molecule has 3 aliphatic rings. The third kappa shape index (κ3) is 3.37. The molecule has 0 aromatic heterocycles. The Morgan fingerprint density at radius 3 is 2.50 bits per heavy atom. The minimum atomic E-state index is -0.390. The largest absolute Gasteiger partial charge is 0.493 e. The van der Waals surface area contributed by atoms with Crippen LogP contribution in [0.2, 0.25) is 5.02 Å². The summed E-state index contributed by atoms with van der Waals surface area (Å²) in [5.74, 6) is -0.801. The van der Waals surface area contributed by atoms with Gasteiger partial charge in [0.15, 0.2) is 11.5 Å². The fraction of sp³-hybridized carbons (Fsp3) is 0.292. The number of nitrogens with zero attached hydrogens (tertiary/aromatic N) is 2. The minimum absolute atomic E-state index is 0.0493. The fourth-order valence-corrected chi connectivity index (χ4v) is 5.09. The van der Waals surface area contributed by atoms with Gasteiger partial charge in [-0.05, 0) is 30.4 Å². The van der Waals surface area contributed by atoms with Gasteiger partial charge in [0.1, 0.15) is 12.4 Å². The van der Waals surface area contributed by atoms with Crippen molar-refractivity contribution in [2.75, 3.05) is 7.11 Å². The van der Waals surface area contributed by atoms with E-state index in [1.54, 1.807) is 30.3 Å². The summed E-state index contributed by atoms with van der Waals surface area (Å²) in [6.45, 7) is -0.0493. The first-order valence-electron chi connectivity index (χ1n) is 10.3. The van der Waals surface area contributed by atoms with Gasteiger partial charge in [-0.3, -0.25) is 9.59 Å². The maximum atomic E-state index is 14.0. The number of rotatable bonds is 6. The van der Waals surface area contributed by atoms with Crippen molar-refractivity contribution in [3.63, 3.8) is 0 Å². The number of halogens is 2. The van der Waals surface area contributed by atoms with Crippen molar-refractivity contribution in [3.8, 4) is 11.5 Å². The molecule has 8 heteroatoms. The van der Waals surface area contributed by atoms with E-state index < -0.39 is 5.82 Å². The molecule has 2 bridgehead atoms. The van der Waals surface area contributed by atoms with Crippen LogP contribution in [0.3, 0.4) is 0 Å². The summed E-state index contributed by atoms with van der Waals surface area (Å²) in [6.07, 6.45) is 6.27. The van der Waals surface area contributed by atoms with E-state index in [-0.39, 0.29) is 47.8 Å². The zero-order valence-corrected chi connectivity index (χ0v) is 18.0. The highest BCUT2D eigenvalue weighted by Gasteiger charge is 2.59. The van der Waals surface area contributed by atoms with Gasteiger partial charge in [0.25, 0.3) is 11.8 Å². The minimum Gasteiger partial charge on any atom is -0.493 e. The lowest BCUT2D eigenvalue weighted by atomic mass is 9.85. The fourth-order valence-electron chi connectivity index (χ4n) is 4.88. The summed E-state index contributed by atoms with van der Waals surface area (Å²) in [4.78, 5) is 25.7. The summed E-state index contributed by atoms with van der Waals surface area (Å²) in [5, 5.41) is 5.51. The molecule has 1 saturated carbocycles. The number of carbonyl (C=O) groups is 2. The first-order chi connectivity index (χ1) is 15.5. The van der Waals surface area contributed by atoms with Gasteiger partial charge < -0.3 is 9.47 Å². The van der Waals surface area contributed by atoms with Gasteiger partial charge in [-0.1, -0.05) is 42.0 Å². The summed E-state index contributed by atoms with van der Waals surface area (Å²) in [7, 11) is 1.46. The van der Waals surface area contributed by atoms with Crippen molar-refractivity contribution in [2.45, 2.75) is 13.0 Å². The highest BCUT2D eigenvalue weighted by atomic mass is 35.5. The Labute approximate surface area is 189 Å². The molecule has 2 fully saturated rings. The molecule has 0 unspecified atom stereocenters. The lowest BCUT2D eigenvalue weighted by Crippen LogP contribution is -2.28. The van der Waals surface area contributed by atoms with Crippen LogP contribution in [-0.2, 0) is 16.2 Å². The van der Waals surface area contributed by atoms with Crippen LogP contribution in [0.1, 0.15) is 17.5 Å². The molecule has 1 aliphatic heterocycles. The smallest absolute Gasteiger partial charge is 0.254 e. The molecule has 2 aliphatic carbocycles. The Morgan fingerprint density at radius 2 is 1.84 bits per heavy atom. The Bertz CT molecular complexity index is 1130. The lowest BCUT2D eigenvalue weighted by molar-refractivity contribution is -0.140. The number of ether oxygens (including phenoxy) is 2. The maximum absolute atomic E-state index is 14.0. The third-order valence-corrected chi connectivity index (χ3v) is 6.58. The van der Waals surface area contributed by atoms with Crippen LogP contribution in [0, 0.1) is 29.5 Å². The van der Waals surface area contributed by atoms with Crippen molar-refractivity contribution < 1.29 is 23.5 Å². The number of methoxy groups -OCH3 is 1. The molecule has 2 amide bonds. The summed E-state index contributed by atoms with van der Waals surface area (Å²) in [5.41, 5.74) is 0.775. The average Bonchev–Trinajstić information content (AvgIpc) is 3.46. The second-order valence-electron chi connectivity index (χ2n) is 8.14. The Hall–Kier alpha value is -3.19. The molecule has 32 heavy (non-hydrogen) atoms. The van der Waals surface area contributed by atoms with Crippen LogP contribution in [-0.4, -0.2) is 30.1 Å². The van der Waals surface area contributed by atoms with Crippen molar-refractivity contribution in [3.05, 3.63) is 70.5 Å². The van der Waals surface area contributed by atoms with E-state index in [2.05, 4.69) is 5.10 Å². The summed E-state index contributed by atoms with van der Waals surface area (Å²) < 4.78 is 25.2. The molecule has 164 valence electrons. The van der Waals surface area contributed by atoms with Crippen LogP contribution in [0.25, 0.3) is 0 Å². The van der Waals surface area contributed by atoms with Crippen LogP contribution >= 0.6 is 11.6 Å². The van der Waals surface area contributed by atoms with Crippen LogP contribution in [0.4, 0.5) is 4.39 Å². The molecular formula is C24H20ClFN2O4. The maximum Gasteiger partial charge on any atom is 0.254 e. The van der Waals surface area contributed by atoms with Crippen molar-refractivity contribution in [1.82, 2.24) is 5.01 Å². The van der Waals surface area contributed by atoms with Gasteiger partial charge in [0, 0.05) is 22.2 Å². The van der Waals surface area contributed by atoms with E-state index in [4.69, 9.17) is 21.1 Å². The van der Waals surface area contributed by atoms with E-state index in [1.165, 1.54) is 19.4 Å². The molecule has 1 heterocycles. The number of benzene rings is 2. The molecule has 0 radical (unpaired) electrons. The van der Waals surface area contributed by atoms with Crippen LogP contribution in [0.5, 0.6) is 11.5 Å². The summed E-state index contributed by atoms with van der Waals surface area (Å²) >= 11 is 6.21. The van der Waals surface area contributed by atoms with Crippen molar-refractivity contribution in [2.24, 2.45) is 28.8 Å². The molecule has 6 nitrogen and oxygen atoms in total. The molecule has 2 aromatic carbocycles. The number of imide groups is 1. The van der Waals surface area contributed by atoms with E-state index in [0.29, 0.717) is 21.9 Å². The monoisotopic (exact) mass is 454 g/mol. The van der Waals surface area contributed by atoms with E-state index in [9.17, 15) is 14.0 Å². The first-order valence-corrected chi connectivity index (χ1v) is 10.7.